The highest BCUT2D eigenvalue weighted by Crippen LogP contribution is 2.20. The molecule has 0 spiro atoms. The number of imidazole rings is 1. The molecule has 1 saturated heterocycles. The predicted molar refractivity (Wildman–Crippen MR) is 94.7 cm³/mol. The lowest BCUT2D eigenvalue weighted by atomic mass is 10.2. The molecule has 3 heterocycles. The van der Waals surface area contributed by atoms with Gasteiger partial charge in [-0.15, -0.1) is 0 Å². The monoisotopic (exact) mass is 338 g/mol. The number of aromatic nitrogens is 4. The lowest BCUT2D eigenvalue weighted by Gasteiger charge is -2.36. The Labute approximate surface area is 145 Å². The van der Waals surface area contributed by atoms with E-state index in [1.54, 1.807) is 12.5 Å². The van der Waals surface area contributed by atoms with Crippen molar-refractivity contribution in [3.8, 4) is 5.82 Å². The van der Waals surface area contributed by atoms with Gasteiger partial charge in [-0.1, -0.05) is 0 Å². The highest BCUT2D eigenvalue weighted by atomic mass is 19.1. The van der Waals surface area contributed by atoms with Gasteiger partial charge in [0.15, 0.2) is 0 Å². The van der Waals surface area contributed by atoms with E-state index in [9.17, 15) is 4.39 Å². The molecule has 0 unspecified atom stereocenters. The Morgan fingerprint density at radius 2 is 1.56 bits per heavy atom. The van der Waals surface area contributed by atoms with Crippen molar-refractivity contribution < 1.29 is 4.39 Å². The number of piperazine rings is 1. The van der Waals surface area contributed by atoms with Crippen molar-refractivity contribution in [3.05, 3.63) is 60.7 Å². The molecule has 7 heteroatoms. The van der Waals surface area contributed by atoms with Crippen LogP contribution in [0, 0.1) is 12.7 Å². The summed E-state index contributed by atoms with van der Waals surface area (Å²) in [5, 5.41) is 0. The van der Waals surface area contributed by atoms with E-state index in [0.29, 0.717) is 0 Å². The zero-order valence-corrected chi connectivity index (χ0v) is 14.0. The molecule has 6 nitrogen and oxygen atoms in total. The molecule has 0 radical (unpaired) electrons. The van der Waals surface area contributed by atoms with E-state index < -0.39 is 0 Å². The average molecular weight is 338 g/mol. The van der Waals surface area contributed by atoms with Gasteiger partial charge >= 0.3 is 0 Å². The van der Waals surface area contributed by atoms with Crippen LogP contribution in [0.3, 0.4) is 0 Å². The standard InChI is InChI=1S/C18H19FN6/c1-14-20-6-7-25(14)18-12-17(21-13-22-18)24-10-8-23(9-11-24)16-4-2-15(19)3-5-16/h2-7,12-13H,8-11H2,1H3. The lowest BCUT2D eigenvalue weighted by Crippen LogP contribution is -2.46. The van der Waals surface area contributed by atoms with Gasteiger partial charge in [0, 0.05) is 50.3 Å². The molecule has 1 aliphatic heterocycles. The van der Waals surface area contributed by atoms with Crippen LogP contribution < -0.4 is 9.80 Å². The first-order chi connectivity index (χ1) is 12.2. The van der Waals surface area contributed by atoms with Gasteiger partial charge < -0.3 is 9.80 Å². The van der Waals surface area contributed by atoms with Gasteiger partial charge in [-0.2, -0.15) is 0 Å². The maximum atomic E-state index is 13.1. The molecule has 0 N–H and O–H groups in total. The first-order valence-corrected chi connectivity index (χ1v) is 8.28. The molecule has 1 fully saturated rings. The second kappa shape index (κ2) is 6.51. The molecule has 2 aromatic heterocycles. The highest BCUT2D eigenvalue weighted by Gasteiger charge is 2.19. The summed E-state index contributed by atoms with van der Waals surface area (Å²) in [6.07, 6.45) is 5.25. The Balaban J connectivity index is 1.47. The van der Waals surface area contributed by atoms with E-state index in [4.69, 9.17) is 0 Å². The van der Waals surface area contributed by atoms with Crippen molar-refractivity contribution in [2.24, 2.45) is 0 Å². The topological polar surface area (TPSA) is 50.1 Å². The van der Waals surface area contributed by atoms with E-state index >= 15 is 0 Å². The molecular formula is C18H19FN6. The van der Waals surface area contributed by atoms with Crippen LogP contribution in [0.4, 0.5) is 15.9 Å². The molecule has 0 amide bonds. The molecule has 128 valence electrons. The van der Waals surface area contributed by atoms with E-state index in [1.807, 2.05) is 35.9 Å². The van der Waals surface area contributed by atoms with E-state index in [1.165, 1.54) is 12.1 Å². The largest absolute Gasteiger partial charge is 0.368 e. The van der Waals surface area contributed by atoms with Gasteiger partial charge in [0.2, 0.25) is 0 Å². The van der Waals surface area contributed by atoms with Gasteiger partial charge in [-0.3, -0.25) is 4.57 Å². The van der Waals surface area contributed by atoms with Crippen LogP contribution in [-0.4, -0.2) is 45.7 Å². The molecule has 3 aromatic rings. The van der Waals surface area contributed by atoms with Gasteiger partial charge in [0.05, 0.1) is 0 Å². The summed E-state index contributed by atoms with van der Waals surface area (Å²) in [6, 6.07) is 8.66. The molecule has 25 heavy (non-hydrogen) atoms. The minimum Gasteiger partial charge on any atom is -0.368 e. The van der Waals surface area contributed by atoms with Gasteiger partial charge in [0.1, 0.15) is 29.6 Å². The fourth-order valence-electron chi connectivity index (χ4n) is 3.11. The quantitative estimate of drug-likeness (QED) is 0.734. The number of hydrogen-bond acceptors (Lipinski definition) is 5. The molecule has 0 atom stereocenters. The second-order valence-electron chi connectivity index (χ2n) is 6.03. The SMILES string of the molecule is Cc1nccn1-c1cc(N2CCN(c3ccc(F)cc3)CC2)ncn1. The van der Waals surface area contributed by atoms with Crippen molar-refractivity contribution in [2.75, 3.05) is 36.0 Å². The van der Waals surface area contributed by atoms with Crippen molar-refractivity contribution in [3.63, 3.8) is 0 Å². The molecule has 4 rings (SSSR count). The zero-order valence-electron chi connectivity index (χ0n) is 14.0. The maximum Gasteiger partial charge on any atom is 0.143 e. The summed E-state index contributed by atoms with van der Waals surface area (Å²) in [5.74, 6) is 2.43. The summed E-state index contributed by atoms with van der Waals surface area (Å²) in [6.45, 7) is 5.40. The molecule has 1 aromatic carbocycles. The number of hydrogen-bond donors (Lipinski definition) is 0. The van der Waals surface area contributed by atoms with Crippen molar-refractivity contribution >= 4 is 11.5 Å². The predicted octanol–water partition coefficient (Wildman–Crippen LogP) is 2.44. The summed E-state index contributed by atoms with van der Waals surface area (Å²) >= 11 is 0. The third kappa shape index (κ3) is 3.17. The normalized spacial score (nSPS) is 14.8. The van der Waals surface area contributed by atoms with E-state index in [-0.39, 0.29) is 5.82 Å². The average Bonchev–Trinajstić information content (AvgIpc) is 3.09. The number of anilines is 2. The minimum absolute atomic E-state index is 0.203. The van der Waals surface area contributed by atoms with Crippen LogP contribution in [0.1, 0.15) is 5.82 Å². The Morgan fingerprint density at radius 1 is 0.880 bits per heavy atom. The van der Waals surface area contributed by atoms with Crippen molar-refractivity contribution in [1.29, 1.82) is 0 Å². The molecule has 0 saturated carbocycles. The first kappa shape index (κ1) is 15.6. The van der Waals surface area contributed by atoms with Crippen LogP contribution in [0.25, 0.3) is 5.82 Å². The third-order valence-corrected chi connectivity index (χ3v) is 4.51. The number of nitrogens with zero attached hydrogens (tertiary/aromatic N) is 6. The maximum absolute atomic E-state index is 13.1. The number of benzene rings is 1. The van der Waals surface area contributed by atoms with Crippen molar-refractivity contribution in [2.45, 2.75) is 6.92 Å². The summed E-state index contributed by atoms with van der Waals surface area (Å²) in [5.41, 5.74) is 1.05. The van der Waals surface area contributed by atoms with Crippen LogP contribution in [0.2, 0.25) is 0 Å². The molecular weight excluding hydrogens is 319 g/mol. The number of aryl methyl sites for hydroxylation is 1. The van der Waals surface area contributed by atoms with Gasteiger partial charge in [-0.05, 0) is 31.2 Å². The van der Waals surface area contributed by atoms with E-state index in [2.05, 4.69) is 24.8 Å². The van der Waals surface area contributed by atoms with Crippen LogP contribution >= 0.6 is 0 Å². The summed E-state index contributed by atoms with van der Waals surface area (Å²) < 4.78 is 15.0. The van der Waals surface area contributed by atoms with Gasteiger partial charge in [0.25, 0.3) is 0 Å². The lowest BCUT2D eigenvalue weighted by molar-refractivity contribution is 0.624. The molecule has 0 bridgehead atoms. The Hall–Kier alpha value is -2.96. The Morgan fingerprint density at radius 3 is 2.24 bits per heavy atom. The molecule has 0 aliphatic carbocycles. The van der Waals surface area contributed by atoms with Crippen molar-refractivity contribution in [1.82, 2.24) is 19.5 Å². The summed E-state index contributed by atoms with van der Waals surface area (Å²) in [7, 11) is 0. The summed E-state index contributed by atoms with van der Waals surface area (Å²) in [4.78, 5) is 17.5. The molecule has 1 aliphatic rings. The minimum atomic E-state index is -0.203. The number of halogens is 1. The van der Waals surface area contributed by atoms with Crippen LogP contribution in [0.15, 0.2) is 49.1 Å². The Bertz CT molecular complexity index is 852. The fourth-order valence-corrected chi connectivity index (χ4v) is 3.11. The van der Waals surface area contributed by atoms with Crippen LogP contribution in [0.5, 0.6) is 0 Å². The Kier molecular flexibility index (Phi) is 4.05. The second-order valence-corrected chi connectivity index (χ2v) is 6.03. The van der Waals surface area contributed by atoms with Crippen LogP contribution in [-0.2, 0) is 0 Å². The fraction of sp³-hybridized carbons (Fsp3) is 0.278. The smallest absolute Gasteiger partial charge is 0.143 e. The van der Waals surface area contributed by atoms with E-state index in [0.717, 1.165) is 49.3 Å². The number of rotatable bonds is 3. The first-order valence-electron chi connectivity index (χ1n) is 8.28. The van der Waals surface area contributed by atoms with Gasteiger partial charge in [-0.25, -0.2) is 19.3 Å². The highest BCUT2D eigenvalue weighted by molar-refractivity contribution is 5.50. The third-order valence-electron chi connectivity index (χ3n) is 4.51. The zero-order chi connectivity index (χ0) is 17.2.